The maximum Gasteiger partial charge on any atom is 0.213 e. The van der Waals surface area contributed by atoms with Gasteiger partial charge in [0.25, 0.3) is 0 Å². The molecule has 1 aliphatic heterocycles. The number of guanidine groups is 1. The second-order valence-corrected chi connectivity index (χ2v) is 8.31. The van der Waals surface area contributed by atoms with Crippen LogP contribution in [0.15, 0.2) is 35.3 Å². The molecular formula is C17H28N4O3S. The van der Waals surface area contributed by atoms with Crippen molar-refractivity contribution in [2.75, 3.05) is 32.5 Å². The van der Waals surface area contributed by atoms with E-state index in [1.54, 1.807) is 7.05 Å². The van der Waals surface area contributed by atoms with Crippen molar-refractivity contribution in [1.29, 1.82) is 0 Å². The number of hydrogen-bond acceptors (Lipinski definition) is 4. The lowest BCUT2D eigenvalue weighted by Crippen LogP contribution is -2.46. The van der Waals surface area contributed by atoms with E-state index in [-0.39, 0.29) is 17.9 Å². The summed E-state index contributed by atoms with van der Waals surface area (Å²) in [4.78, 5) is 4.12. The number of rotatable bonds is 8. The lowest BCUT2D eigenvalue weighted by molar-refractivity contribution is 0.0243. The van der Waals surface area contributed by atoms with Gasteiger partial charge in [0.2, 0.25) is 10.0 Å². The zero-order valence-electron chi connectivity index (χ0n) is 14.9. The summed E-state index contributed by atoms with van der Waals surface area (Å²) in [6.07, 6.45) is 2.07. The van der Waals surface area contributed by atoms with Crippen LogP contribution in [0.4, 0.5) is 0 Å². The van der Waals surface area contributed by atoms with Gasteiger partial charge in [0.15, 0.2) is 5.96 Å². The molecular weight excluding hydrogens is 340 g/mol. The summed E-state index contributed by atoms with van der Waals surface area (Å²) in [7, 11) is -1.68. The molecule has 140 valence electrons. The fourth-order valence-electron chi connectivity index (χ4n) is 2.63. The average Bonchev–Trinajstić information content (AvgIpc) is 3.04. The third-order valence-corrected chi connectivity index (χ3v) is 5.48. The van der Waals surface area contributed by atoms with Crippen LogP contribution in [0, 0.1) is 0 Å². The Morgan fingerprint density at radius 1 is 1.28 bits per heavy atom. The van der Waals surface area contributed by atoms with Crippen molar-refractivity contribution in [2.45, 2.75) is 31.9 Å². The molecule has 1 unspecified atom stereocenters. The van der Waals surface area contributed by atoms with Gasteiger partial charge in [0, 0.05) is 33.3 Å². The van der Waals surface area contributed by atoms with Crippen LogP contribution in [0.3, 0.4) is 0 Å². The molecule has 0 amide bonds. The zero-order chi connectivity index (χ0) is 18.2. The topological polar surface area (TPSA) is 91.8 Å². The second-order valence-electron chi connectivity index (χ2n) is 6.38. The first kappa shape index (κ1) is 19.7. The summed E-state index contributed by atoms with van der Waals surface area (Å²) in [6, 6.07) is 9.44. The number of aliphatic imine (C=N–C) groups is 1. The van der Waals surface area contributed by atoms with Gasteiger partial charge in [-0.05, 0) is 25.3 Å². The van der Waals surface area contributed by atoms with Crippen LogP contribution >= 0.6 is 0 Å². The highest BCUT2D eigenvalue weighted by atomic mass is 32.2. The Morgan fingerprint density at radius 3 is 2.68 bits per heavy atom. The van der Waals surface area contributed by atoms with E-state index in [1.165, 1.54) is 0 Å². The molecule has 1 fully saturated rings. The maximum absolute atomic E-state index is 12.1. The first-order valence-corrected chi connectivity index (χ1v) is 10.2. The summed E-state index contributed by atoms with van der Waals surface area (Å²) >= 11 is 0. The molecule has 1 saturated heterocycles. The number of hydrogen-bond donors (Lipinski definition) is 3. The fraction of sp³-hybridized carbons (Fsp3) is 0.588. The van der Waals surface area contributed by atoms with Gasteiger partial charge in [-0.1, -0.05) is 30.3 Å². The first-order valence-electron chi connectivity index (χ1n) is 8.52. The normalized spacial score (nSPS) is 21.3. The zero-order valence-corrected chi connectivity index (χ0v) is 15.7. The van der Waals surface area contributed by atoms with Crippen LogP contribution in [-0.2, 0) is 21.3 Å². The second kappa shape index (κ2) is 9.17. The van der Waals surface area contributed by atoms with Crippen molar-refractivity contribution < 1.29 is 13.2 Å². The minimum Gasteiger partial charge on any atom is -0.373 e. The molecule has 25 heavy (non-hydrogen) atoms. The summed E-state index contributed by atoms with van der Waals surface area (Å²) in [6.45, 7) is 4.08. The molecule has 8 heteroatoms. The summed E-state index contributed by atoms with van der Waals surface area (Å²) in [5, 5.41) is 6.22. The SMILES string of the molecule is CN=C(NCCS(=O)(=O)NCc1ccccc1)NCC1(C)CCCO1. The number of nitrogens with zero attached hydrogens (tertiary/aromatic N) is 1. The highest BCUT2D eigenvalue weighted by Gasteiger charge is 2.29. The van der Waals surface area contributed by atoms with Gasteiger partial charge in [-0.25, -0.2) is 13.1 Å². The molecule has 0 radical (unpaired) electrons. The number of sulfonamides is 1. The molecule has 2 rings (SSSR count). The van der Waals surface area contributed by atoms with Crippen LogP contribution in [0.25, 0.3) is 0 Å². The van der Waals surface area contributed by atoms with Gasteiger partial charge < -0.3 is 15.4 Å². The average molecular weight is 369 g/mol. The van der Waals surface area contributed by atoms with E-state index < -0.39 is 10.0 Å². The van der Waals surface area contributed by atoms with Crippen molar-refractivity contribution in [3.8, 4) is 0 Å². The molecule has 1 heterocycles. The molecule has 1 aliphatic rings. The highest BCUT2D eigenvalue weighted by molar-refractivity contribution is 7.89. The van der Waals surface area contributed by atoms with Crippen molar-refractivity contribution in [2.24, 2.45) is 4.99 Å². The number of ether oxygens (including phenoxy) is 1. The minimum atomic E-state index is -3.35. The third kappa shape index (κ3) is 7.01. The lowest BCUT2D eigenvalue weighted by Gasteiger charge is -2.24. The number of benzene rings is 1. The standard InChI is InChI=1S/C17H28N4O3S/c1-17(9-6-11-24-17)14-20-16(18-2)19-10-12-25(22,23)21-13-15-7-4-3-5-8-15/h3-5,7-8,21H,6,9-14H2,1-2H3,(H2,18,19,20). The van der Waals surface area contributed by atoms with Gasteiger partial charge in [0.05, 0.1) is 11.4 Å². The van der Waals surface area contributed by atoms with E-state index in [1.807, 2.05) is 30.3 Å². The van der Waals surface area contributed by atoms with Crippen LogP contribution in [0.1, 0.15) is 25.3 Å². The molecule has 0 aliphatic carbocycles. The molecule has 1 atom stereocenters. The Kier molecular flexibility index (Phi) is 7.22. The molecule has 1 aromatic rings. The van der Waals surface area contributed by atoms with Crippen LogP contribution < -0.4 is 15.4 Å². The quantitative estimate of drug-likeness (QED) is 0.467. The van der Waals surface area contributed by atoms with Crippen LogP contribution in [0.2, 0.25) is 0 Å². The van der Waals surface area contributed by atoms with E-state index >= 15 is 0 Å². The first-order chi connectivity index (χ1) is 11.9. The van der Waals surface area contributed by atoms with Gasteiger partial charge in [-0.15, -0.1) is 0 Å². The van der Waals surface area contributed by atoms with E-state index in [9.17, 15) is 8.42 Å². The number of nitrogens with one attached hydrogen (secondary N) is 3. The summed E-state index contributed by atoms with van der Waals surface area (Å²) < 4.78 is 32.4. The summed E-state index contributed by atoms with van der Waals surface area (Å²) in [5.41, 5.74) is 0.752. The predicted octanol–water partition coefficient (Wildman–Crippen LogP) is 0.840. The van der Waals surface area contributed by atoms with Crippen LogP contribution in [-0.4, -0.2) is 52.5 Å². The Morgan fingerprint density at radius 2 is 2.04 bits per heavy atom. The smallest absolute Gasteiger partial charge is 0.213 e. The van der Waals surface area contributed by atoms with Gasteiger partial charge in [0.1, 0.15) is 0 Å². The van der Waals surface area contributed by atoms with E-state index in [0.29, 0.717) is 19.0 Å². The van der Waals surface area contributed by atoms with Crippen molar-refractivity contribution in [3.63, 3.8) is 0 Å². The monoisotopic (exact) mass is 368 g/mol. The van der Waals surface area contributed by atoms with E-state index in [0.717, 1.165) is 25.0 Å². The molecule has 0 saturated carbocycles. The maximum atomic E-state index is 12.1. The molecule has 0 aromatic heterocycles. The summed E-state index contributed by atoms with van der Waals surface area (Å²) in [5.74, 6) is 0.559. The van der Waals surface area contributed by atoms with Crippen molar-refractivity contribution >= 4 is 16.0 Å². The molecule has 0 spiro atoms. The van der Waals surface area contributed by atoms with E-state index in [4.69, 9.17) is 4.74 Å². The third-order valence-electron chi connectivity index (χ3n) is 4.16. The van der Waals surface area contributed by atoms with Gasteiger partial charge >= 0.3 is 0 Å². The van der Waals surface area contributed by atoms with E-state index in [2.05, 4.69) is 27.3 Å². The highest BCUT2D eigenvalue weighted by Crippen LogP contribution is 2.23. The Bertz CT molecular complexity index is 656. The Hall–Kier alpha value is -1.64. The molecule has 1 aromatic carbocycles. The van der Waals surface area contributed by atoms with Crippen molar-refractivity contribution in [1.82, 2.24) is 15.4 Å². The Balaban J connectivity index is 1.70. The van der Waals surface area contributed by atoms with Crippen molar-refractivity contribution in [3.05, 3.63) is 35.9 Å². The lowest BCUT2D eigenvalue weighted by atomic mass is 10.0. The van der Waals surface area contributed by atoms with Gasteiger partial charge in [-0.3, -0.25) is 4.99 Å². The molecule has 7 nitrogen and oxygen atoms in total. The molecule has 0 bridgehead atoms. The largest absolute Gasteiger partial charge is 0.373 e. The molecule has 3 N–H and O–H groups in total. The van der Waals surface area contributed by atoms with Gasteiger partial charge in [-0.2, -0.15) is 0 Å². The minimum absolute atomic E-state index is 0.0195. The van der Waals surface area contributed by atoms with Crippen LogP contribution in [0.5, 0.6) is 0 Å². The fourth-order valence-corrected chi connectivity index (χ4v) is 3.53. The predicted molar refractivity (Wildman–Crippen MR) is 100 cm³/mol. The Labute approximate surface area is 150 Å².